The minimum atomic E-state index is -0.837. The summed E-state index contributed by atoms with van der Waals surface area (Å²) in [6, 6.07) is 15.3. The lowest BCUT2D eigenvalue weighted by Crippen LogP contribution is -2.70. The maximum Gasteiger partial charge on any atom is 0.272 e. The molecule has 36 heavy (non-hydrogen) atoms. The van der Waals surface area contributed by atoms with Gasteiger partial charge in [-0.2, -0.15) is 5.10 Å². The molecule has 2 amide bonds. The number of rotatable bonds is 7. The molecule has 1 atom stereocenters. The van der Waals surface area contributed by atoms with Gasteiger partial charge >= 0.3 is 0 Å². The van der Waals surface area contributed by atoms with Crippen LogP contribution in [0.5, 0.6) is 5.75 Å². The zero-order valence-corrected chi connectivity index (χ0v) is 20.1. The van der Waals surface area contributed by atoms with Crippen LogP contribution >= 0.6 is 11.6 Å². The van der Waals surface area contributed by atoms with Gasteiger partial charge in [0.25, 0.3) is 11.8 Å². The van der Waals surface area contributed by atoms with E-state index in [1.165, 1.54) is 12.1 Å². The second-order valence-corrected chi connectivity index (χ2v) is 9.96. The van der Waals surface area contributed by atoms with Gasteiger partial charge in [0, 0.05) is 11.6 Å². The first kappa shape index (κ1) is 24.3. The third kappa shape index (κ3) is 4.81. The van der Waals surface area contributed by atoms with Crippen LogP contribution in [0.15, 0.2) is 54.6 Å². The average Bonchev–Trinajstić information content (AvgIpc) is 3.37. The highest BCUT2D eigenvalue weighted by atomic mass is 35.5. The van der Waals surface area contributed by atoms with Crippen LogP contribution in [-0.2, 0) is 4.79 Å². The molecular formula is C26H26ClFN4O4. The lowest BCUT2D eigenvalue weighted by molar-refractivity contribution is -0.132. The maximum atomic E-state index is 13.6. The molecule has 2 bridgehead atoms. The van der Waals surface area contributed by atoms with Crippen LogP contribution in [-0.4, -0.2) is 50.9 Å². The predicted molar refractivity (Wildman–Crippen MR) is 131 cm³/mol. The summed E-state index contributed by atoms with van der Waals surface area (Å²) >= 11 is 5.66. The zero-order chi connectivity index (χ0) is 25.3. The van der Waals surface area contributed by atoms with Crippen molar-refractivity contribution in [2.24, 2.45) is 0 Å². The molecule has 1 aromatic heterocycles. The van der Waals surface area contributed by atoms with E-state index in [2.05, 4.69) is 20.8 Å². The fourth-order valence-electron chi connectivity index (χ4n) is 5.20. The molecule has 1 heterocycles. The molecule has 0 aliphatic heterocycles. The molecule has 3 aliphatic carbocycles. The Labute approximate surface area is 212 Å². The van der Waals surface area contributed by atoms with Crippen molar-refractivity contribution >= 4 is 23.4 Å². The van der Waals surface area contributed by atoms with Crippen LogP contribution in [0.2, 0.25) is 5.02 Å². The SMILES string of the molecule is O=C(COc1ccc(Cl)c(F)c1)NC12CCC(NC(=O)c3cc(-c4ccccc4)[nH]n3)(CC1)CC2O. The molecule has 3 aromatic rings. The quantitative estimate of drug-likeness (QED) is 0.386. The van der Waals surface area contributed by atoms with E-state index in [1.807, 2.05) is 30.3 Å². The van der Waals surface area contributed by atoms with Gasteiger partial charge < -0.3 is 20.5 Å². The molecule has 3 saturated carbocycles. The normalized spacial score (nSPS) is 24.8. The number of hydrogen-bond donors (Lipinski definition) is 4. The van der Waals surface area contributed by atoms with E-state index in [1.54, 1.807) is 6.07 Å². The summed E-state index contributed by atoms with van der Waals surface area (Å²) in [6.07, 6.45) is 1.70. The van der Waals surface area contributed by atoms with Crippen LogP contribution in [0.3, 0.4) is 0 Å². The van der Waals surface area contributed by atoms with Crippen molar-refractivity contribution in [1.29, 1.82) is 0 Å². The summed E-state index contributed by atoms with van der Waals surface area (Å²) in [7, 11) is 0. The second kappa shape index (κ2) is 9.55. The minimum absolute atomic E-state index is 0.0299. The number of nitrogens with zero attached hydrogens (tertiary/aromatic N) is 1. The average molecular weight is 513 g/mol. The fourth-order valence-corrected chi connectivity index (χ4v) is 5.32. The summed E-state index contributed by atoms with van der Waals surface area (Å²) in [5.74, 6) is -1.16. The Balaban J connectivity index is 1.18. The summed E-state index contributed by atoms with van der Waals surface area (Å²) in [6.45, 7) is -0.319. The Bertz CT molecular complexity index is 1270. The molecule has 2 aromatic carbocycles. The Morgan fingerprint density at radius 1 is 1.11 bits per heavy atom. The van der Waals surface area contributed by atoms with E-state index in [-0.39, 0.29) is 29.0 Å². The number of nitrogens with one attached hydrogen (secondary N) is 3. The molecule has 4 N–H and O–H groups in total. The van der Waals surface area contributed by atoms with Gasteiger partial charge in [-0.25, -0.2) is 4.39 Å². The van der Waals surface area contributed by atoms with Crippen molar-refractivity contribution in [3.8, 4) is 17.0 Å². The number of hydrogen-bond acceptors (Lipinski definition) is 5. The van der Waals surface area contributed by atoms with Crippen LogP contribution in [0.4, 0.5) is 4.39 Å². The first-order valence-electron chi connectivity index (χ1n) is 11.8. The number of fused-ring (bicyclic) bond motifs is 3. The van der Waals surface area contributed by atoms with Crippen LogP contribution in [0, 0.1) is 5.82 Å². The smallest absolute Gasteiger partial charge is 0.272 e. The van der Waals surface area contributed by atoms with Crippen LogP contribution in [0.25, 0.3) is 11.3 Å². The number of benzene rings is 2. The van der Waals surface area contributed by atoms with E-state index in [4.69, 9.17) is 16.3 Å². The Hall–Kier alpha value is -3.43. The van der Waals surface area contributed by atoms with Crippen molar-refractivity contribution in [3.05, 3.63) is 71.1 Å². The summed E-state index contributed by atoms with van der Waals surface area (Å²) in [5, 5.41) is 24.0. The topological polar surface area (TPSA) is 116 Å². The van der Waals surface area contributed by atoms with Crippen molar-refractivity contribution < 1.29 is 23.8 Å². The third-order valence-corrected chi connectivity index (χ3v) is 7.55. The number of H-pyrrole nitrogens is 1. The van der Waals surface area contributed by atoms with Gasteiger partial charge in [-0.15, -0.1) is 0 Å². The second-order valence-electron chi connectivity index (χ2n) is 9.56. The number of aromatic nitrogens is 2. The van der Waals surface area contributed by atoms with E-state index < -0.39 is 28.9 Å². The standard InChI is InChI=1S/C26H26ClFN4O4/c27-18-7-6-17(12-19(18)28)36-15-23(34)29-26-10-8-25(9-11-26,14-22(26)33)30-24(35)21-13-20(31-32-21)16-4-2-1-3-5-16/h1-7,12-13,22,33H,8-11,14-15H2,(H,29,34)(H,30,35)(H,31,32). The first-order valence-corrected chi connectivity index (χ1v) is 12.2. The zero-order valence-electron chi connectivity index (χ0n) is 19.4. The third-order valence-electron chi connectivity index (χ3n) is 7.24. The van der Waals surface area contributed by atoms with E-state index in [0.717, 1.165) is 17.3 Å². The number of ether oxygens (including phenoxy) is 1. The molecule has 188 valence electrons. The molecule has 3 aliphatic rings. The molecule has 10 heteroatoms. The molecule has 0 radical (unpaired) electrons. The highest BCUT2D eigenvalue weighted by molar-refractivity contribution is 6.30. The van der Waals surface area contributed by atoms with Crippen molar-refractivity contribution in [1.82, 2.24) is 20.8 Å². The Kier molecular flexibility index (Phi) is 6.44. The molecule has 3 fully saturated rings. The van der Waals surface area contributed by atoms with Gasteiger partial charge in [-0.3, -0.25) is 14.7 Å². The molecule has 8 nitrogen and oxygen atoms in total. The number of aromatic amines is 1. The van der Waals surface area contributed by atoms with Gasteiger partial charge in [0.2, 0.25) is 0 Å². The monoisotopic (exact) mass is 512 g/mol. The van der Waals surface area contributed by atoms with Crippen molar-refractivity contribution in [3.63, 3.8) is 0 Å². The van der Waals surface area contributed by atoms with Gasteiger partial charge in [0.15, 0.2) is 12.3 Å². The van der Waals surface area contributed by atoms with Gasteiger partial charge in [-0.05, 0) is 55.9 Å². The van der Waals surface area contributed by atoms with Gasteiger partial charge in [0.05, 0.1) is 22.4 Å². The number of aliphatic hydroxyl groups excluding tert-OH is 1. The maximum absolute atomic E-state index is 13.6. The van der Waals surface area contributed by atoms with Crippen molar-refractivity contribution in [2.75, 3.05) is 6.61 Å². The summed E-state index contributed by atoms with van der Waals surface area (Å²) in [5.41, 5.74) is 0.607. The van der Waals surface area contributed by atoms with Gasteiger partial charge in [0.1, 0.15) is 11.6 Å². The highest BCUT2D eigenvalue weighted by Gasteiger charge is 2.55. The predicted octanol–water partition coefficient (Wildman–Crippen LogP) is 3.61. The van der Waals surface area contributed by atoms with E-state index in [0.29, 0.717) is 32.1 Å². The number of aliphatic hydroxyl groups is 1. The lowest BCUT2D eigenvalue weighted by atomic mass is 9.60. The summed E-state index contributed by atoms with van der Waals surface area (Å²) < 4.78 is 19.0. The number of carbonyl (C=O) groups is 2. The number of carbonyl (C=O) groups excluding carboxylic acids is 2. The number of halogens is 2. The van der Waals surface area contributed by atoms with Crippen LogP contribution < -0.4 is 15.4 Å². The van der Waals surface area contributed by atoms with Gasteiger partial charge in [-0.1, -0.05) is 41.9 Å². The molecular weight excluding hydrogens is 487 g/mol. The van der Waals surface area contributed by atoms with E-state index >= 15 is 0 Å². The van der Waals surface area contributed by atoms with Crippen LogP contribution in [0.1, 0.15) is 42.6 Å². The molecule has 6 rings (SSSR count). The largest absolute Gasteiger partial charge is 0.484 e. The first-order chi connectivity index (χ1) is 17.3. The highest BCUT2D eigenvalue weighted by Crippen LogP contribution is 2.47. The molecule has 0 saturated heterocycles. The fraction of sp³-hybridized carbons (Fsp3) is 0.346. The minimum Gasteiger partial charge on any atom is -0.484 e. The van der Waals surface area contributed by atoms with E-state index in [9.17, 15) is 19.1 Å². The number of amides is 2. The Morgan fingerprint density at radius 2 is 1.86 bits per heavy atom. The summed E-state index contributed by atoms with van der Waals surface area (Å²) in [4.78, 5) is 25.5. The molecule has 0 spiro atoms. The Morgan fingerprint density at radius 3 is 2.56 bits per heavy atom. The molecule has 1 unspecified atom stereocenters. The van der Waals surface area contributed by atoms with Crippen molar-refractivity contribution in [2.45, 2.75) is 49.3 Å². The lowest BCUT2D eigenvalue weighted by Gasteiger charge is -2.56.